The second-order valence-electron chi connectivity index (χ2n) is 7.79. The lowest BCUT2D eigenvalue weighted by Gasteiger charge is -2.30. The molecule has 6 unspecified atom stereocenters. The highest BCUT2D eigenvalue weighted by atomic mass is 16.5. The van der Waals surface area contributed by atoms with Crippen molar-refractivity contribution in [2.24, 2.45) is 0 Å². The van der Waals surface area contributed by atoms with Crippen molar-refractivity contribution in [1.29, 1.82) is 0 Å². The van der Waals surface area contributed by atoms with Crippen LogP contribution in [0.1, 0.15) is 71.1 Å². The number of aliphatic hydroxyl groups is 3. The van der Waals surface area contributed by atoms with E-state index in [9.17, 15) is 20.1 Å². The van der Waals surface area contributed by atoms with E-state index in [1.165, 1.54) is 14.2 Å². The standard InChI is InChI=1S/C22H44O8/c1-6-19(27-2)18(25)15-21(29-4)17(24)14-16(23)20(28-3)12-10-8-7-9-11-13-22(26)30-5/h16-21,23-25H,6-15H2,1-5H3. The Labute approximate surface area is 181 Å². The van der Waals surface area contributed by atoms with Gasteiger partial charge in [-0.15, -0.1) is 0 Å². The molecule has 0 amide bonds. The summed E-state index contributed by atoms with van der Waals surface area (Å²) in [4.78, 5) is 11.1. The highest BCUT2D eigenvalue weighted by Crippen LogP contribution is 2.20. The molecule has 0 saturated heterocycles. The fraction of sp³-hybridized carbons (Fsp3) is 0.955. The number of methoxy groups -OCH3 is 4. The first kappa shape index (κ1) is 29.2. The van der Waals surface area contributed by atoms with Gasteiger partial charge in [0.25, 0.3) is 0 Å². The maximum absolute atomic E-state index is 11.1. The smallest absolute Gasteiger partial charge is 0.305 e. The monoisotopic (exact) mass is 436 g/mol. The van der Waals surface area contributed by atoms with E-state index in [1.807, 2.05) is 6.92 Å². The van der Waals surface area contributed by atoms with Crippen LogP contribution >= 0.6 is 0 Å². The normalized spacial score (nSPS) is 17.7. The van der Waals surface area contributed by atoms with Gasteiger partial charge in [-0.05, 0) is 19.3 Å². The fourth-order valence-corrected chi connectivity index (χ4v) is 3.66. The molecule has 0 bridgehead atoms. The summed E-state index contributed by atoms with van der Waals surface area (Å²) in [5.41, 5.74) is 0. The third-order valence-corrected chi connectivity index (χ3v) is 5.65. The summed E-state index contributed by atoms with van der Waals surface area (Å²) in [7, 11) is 5.98. The van der Waals surface area contributed by atoms with Crippen LogP contribution in [0.2, 0.25) is 0 Å². The number of rotatable bonds is 19. The molecule has 0 radical (unpaired) electrons. The first-order valence-corrected chi connectivity index (χ1v) is 11.0. The molecule has 0 rings (SSSR count). The average Bonchev–Trinajstić information content (AvgIpc) is 2.74. The SMILES string of the molecule is CCC(OC)C(O)CC(OC)C(O)CC(O)C(CCCCCCCC(=O)OC)OC. The Bertz CT molecular complexity index is 416. The van der Waals surface area contributed by atoms with E-state index in [2.05, 4.69) is 4.74 Å². The third-order valence-electron chi connectivity index (χ3n) is 5.65. The molecule has 0 aromatic carbocycles. The first-order chi connectivity index (χ1) is 14.3. The van der Waals surface area contributed by atoms with Crippen molar-refractivity contribution in [2.75, 3.05) is 28.4 Å². The van der Waals surface area contributed by atoms with Crippen molar-refractivity contribution in [1.82, 2.24) is 0 Å². The van der Waals surface area contributed by atoms with Gasteiger partial charge in [0.05, 0.1) is 43.7 Å². The van der Waals surface area contributed by atoms with Gasteiger partial charge in [-0.1, -0.05) is 32.6 Å². The Morgan fingerprint density at radius 2 is 1.20 bits per heavy atom. The maximum Gasteiger partial charge on any atom is 0.305 e. The van der Waals surface area contributed by atoms with E-state index in [1.54, 1.807) is 14.2 Å². The molecular formula is C22H44O8. The Morgan fingerprint density at radius 3 is 1.73 bits per heavy atom. The molecule has 0 fully saturated rings. The van der Waals surface area contributed by atoms with E-state index in [0.29, 0.717) is 19.3 Å². The number of esters is 1. The van der Waals surface area contributed by atoms with Gasteiger partial charge in [-0.2, -0.15) is 0 Å². The Morgan fingerprint density at radius 1 is 0.700 bits per heavy atom. The minimum atomic E-state index is -0.926. The molecule has 0 heterocycles. The minimum Gasteiger partial charge on any atom is -0.469 e. The number of carbonyl (C=O) groups excluding carboxylic acids is 1. The van der Waals surface area contributed by atoms with Crippen LogP contribution < -0.4 is 0 Å². The molecule has 0 aliphatic heterocycles. The van der Waals surface area contributed by atoms with Crippen molar-refractivity contribution in [3.63, 3.8) is 0 Å². The molecule has 30 heavy (non-hydrogen) atoms. The molecule has 0 aromatic rings. The van der Waals surface area contributed by atoms with E-state index in [4.69, 9.17) is 14.2 Å². The van der Waals surface area contributed by atoms with Gasteiger partial charge in [-0.3, -0.25) is 4.79 Å². The molecule has 0 spiro atoms. The zero-order valence-corrected chi connectivity index (χ0v) is 19.4. The van der Waals surface area contributed by atoms with Crippen molar-refractivity contribution in [2.45, 2.75) is 108 Å². The number of ether oxygens (including phenoxy) is 4. The summed E-state index contributed by atoms with van der Waals surface area (Å²) in [5, 5.41) is 31.3. The molecule has 0 saturated carbocycles. The quantitative estimate of drug-likeness (QED) is 0.209. The molecule has 6 atom stereocenters. The largest absolute Gasteiger partial charge is 0.469 e. The molecule has 0 aliphatic carbocycles. The molecule has 8 nitrogen and oxygen atoms in total. The van der Waals surface area contributed by atoms with Gasteiger partial charge in [0, 0.05) is 40.6 Å². The fourth-order valence-electron chi connectivity index (χ4n) is 3.66. The Hall–Kier alpha value is -0.770. The Balaban J connectivity index is 4.30. The number of carbonyl (C=O) groups is 1. The van der Waals surface area contributed by atoms with Gasteiger partial charge in [0.2, 0.25) is 0 Å². The second-order valence-corrected chi connectivity index (χ2v) is 7.79. The summed E-state index contributed by atoms with van der Waals surface area (Å²) in [5.74, 6) is -0.176. The van der Waals surface area contributed by atoms with Gasteiger partial charge in [0.15, 0.2) is 0 Å². The van der Waals surface area contributed by atoms with Crippen LogP contribution in [0.5, 0.6) is 0 Å². The predicted octanol–water partition coefficient (Wildman–Crippen LogP) is 2.21. The lowest BCUT2D eigenvalue weighted by atomic mass is 9.94. The van der Waals surface area contributed by atoms with Gasteiger partial charge in [-0.25, -0.2) is 0 Å². The number of unbranched alkanes of at least 4 members (excludes halogenated alkanes) is 4. The van der Waals surface area contributed by atoms with Crippen LogP contribution in [-0.2, 0) is 23.7 Å². The second kappa shape index (κ2) is 17.9. The van der Waals surface area contributed by atoms with Crippen molar-refractivity contribution >= 4 is 5.97 Å². The molecular weight excluding hydrogens is 392 g/mol. The van der Waals surface area contributed by atoms with Gasteiger partial charge >= 0.3 is 5.97 Å². The highest BCUT2D eigenvalue weighted by molar-refractivity contribution is 5.68. The number of aliphatic hydroxyl groups excluding tert-OH is 3. The molecule has 8 heteroatoms. The third kappa shape index (κ3) is 12.2. The van der Waals surface area contributed by atoms with Crippen LogP contribution in [-0.4, -0.2) is 86.4 Å². The lowest BCUT2D eigenvalue weighted by Crippen LogP contribution is -2.40. The zero-order valence-electron chi connectivity index (χ0n) is 19.4. The molecule has 0 aromatic heterocycles. The number of hydrogen-bond acceptors (Lipinski definition) is 8. The zero-order chi connectivity index (χ0) is 22.9. The van der Waals surface area contributed by atoms with Crippen molar-refractivity contribution < 1.29 is 39.1 Å². The van der Waals surface area contributed by atoms with Gasteiger partial charge in [0.1, 0.15) is 0 Å². The molecule has 0 aliphatic rings. The molecule has 3 N–H and O–H groups in total. The van der Waals surface area contributed by atoms with Crippen LogP contribution in [0, 0.1) is 0 Å². The summed E-state index contributed by atoms with van der Waals surface area (Å²) in [6, 6.07) is 0. The summed E-state index contributed by atoms with van der Waals surface area (Å²) >= 11 is 0. The Kier molecular flexibility index (Phi) is 17.4. The van der Waals surface area contributed by atoms with Crippen LogP contribution in [0.25, 0.3) is 0 Å². The first-order valence-electron chi connectivity index (χ1n) is 11.0. The van der Waals surface area contributed by atoms with Crippen molar-refractivity contribution in [3.05, 3.63) is 0 Å². The van der Waals surface area contributed by atoms with Crippen LogP contribution in [0.15, 0.2) is 0 Å². The lowest BCUT2D eigenvalue weighted by molar-refractivity contribution is -0.140. The van der Waals surface area contributed by atoms with E-state index in [0.717, 1.165) is 32.1 Å². The predicted molar refractivity (Wildman–Crippen MR) is 114 cm³/mol. The minimum absolute atomic E-state index is 0.104. The van der Waals surface area contributed by atoms with Crippen molar-refractivity contribution in [3.8, 4) is 0 Å². The van der Waals surface area contributed by atoms with E-state index in [-0.39, 0.29) is 31.0 Å². The highest BCUT2D eigenvalue weighted by Gasteiger charge is 2.30. The summed E-state index contributed by atoms with van der Waals surface area (Å²) in [6.45, 7) is 1.92. The topological polar surface area (TPSA) is 115 Å². The van der Waals surface area contributed by atoms with Crippen LogP contribution in [0.3, 0.4) is 0 Å². The average molecular weight is 437 g/mol. The number of hydrogen-bond donors (Lipinski definition) is 3. The summed E-state index contributed by atoms with van der Waals surface area (Å²) < 4.78 is 20.6. The molecule has 180 valence electrons. The summed E-state index contributed by atoms with van der Waals surface area (Å²) in [6.07, 6.45) is 2.97. The van der Waals surface area contributed by atoms with E-state index >= 15 is 0 Å². The van der Waals surface area contributed by atoms with Crippen LogP contribution in [0.4, 0.5) is 0 Å². The van der Waals surface area contributed by atoms with E-state index < -0.39 is 24.4 Å². The van der Waals surface area contributed by atoms with Gasteiger partial charge < -0.3 is 34.3 Å². The maximum atomic E-state index is 11.1.